The van der Waals surface area contributed by atoms with Crippen molar-refractivity contribution in [3.63, 3.8) is 0 Å². The minimum absolute atomic E-state index is 0.281. The highest BCUT2D eigenvalue weighted by Gasteiger charge is 2.07. The molecule has 0 aliphatic rings. The zero-order valence-electron chi connectivity index (χ0n) is 11.5. The highest BCUT2D eigenvalue weighted by Crippen LogP contribution is 2.16. The summed E-state index contributed by atoms with van der Waals surface area (Å²) in [5.74, 6) is 4.01. The molecule has 1 atom stereocenters. The molecule has 0 aliphatic heterocycles. The highest BCUT2D eigenvalue weighted by atomic mass is 32.2. The second-order valence-electron chi connectivity index (χ2n) is 4.26. The lowest BCUT2D eigenvalue weighted by Crippen LogP contribution is -2.14. The van der Waals surface area contributed by atoms with Crippen LogP contribution >= 0.6 is 0 Å². The van der Waals surface area contributed by atoms with E-state index in [9.17, 15) is 4.21 Å². The van der Waals surface area contributed by atoms with Crippen molar-refractivity contribution in [1.82, 2.24) is 9.97 Å². The van der Waals surface area contributed by atoms with Gasteiger partial charge in [0, 0.05) is 47.9 Å². The van der Waals surface area contributed by atoms with Crippen LogP contribution in [0.2, 0.25) is 0 Å². The third-order valence-electron chi connectivity index (χ3n) is 2.47. The Bertz CT molecular complexity index is 409. The Morgan fingerprint density at radius 2 is 2.00 bits per heavy atom. The van der Waals surface area contributed by atoms with Crippen LogP contribution in [0.1, 0.15) is 32.5 Å². The Morgan fingerprint density at radius 1 is 1.33 bits per heavy atom. The minimum atomic E-state index is -0.743. The van der Waals surface area contributed by atoms with Crippen LogP contribution in [-0.2, 0) is 10.8 Å². The summed E-state index contributed by atoms with van der Waals surface area (Å²) in [6, 6.07) is 1.86. The summed E-state index contributed by atoms with van der Waals surface area (Å²) in [5.41, 5.74) is 0. The van der Waals surface area contributed by atoms with Crippen LogP contribution in [0.25, 0.3) is 0 Å². The molecular weight excluding hydrogens is 248 g/mol. The van der Waals surface area contributed by atoms with E-state index in [1.165, 1.54) is 0 Å². The van der Waals surface area contributed by atoms with Crippen molar-refractivity contribution in [3.8, 4) is 0 Å². The number of nitrogens with zero attached hydrogens (tertiary/aromatic N) is 2. The molecule has 5 nitrogen and oxygen atoms in total. The van der Waals surface area contributed by atoms with E-state index in [0.717, 1.165) is 17.5 Å². The summed E-state index contributed by atoms with van der Waals surface area (Å²) in [4.78, 5) is 8.83. The molecule has 102 valence electrons. The fourth-order valence-electron chi connectivity index (χ4n) is 1.38. The maximum atomic E-state index is 11.3. The molecule has 6 heteroatoms. The van der Waals surface area contributed by atoms with Gasteiger partial charge in [0.1, 0.15) is 17.5 Å². The van der Waals surface area contributed by atoms with Gasteiger partial charge in [-0.05, 0) is 0 Å². The van der Waals surface area contributed by atoms with Crippen molar-refractivity contribution < 1.29 is 4.21 Å². The molecule has 0 bridgehead atoms. The lowest BCUT2D eigenvalue weighted by atomic mass is 10.2. The lowest BCUT2D eigenvalue weighted by molar-refractivity contribution is 0.684. The smallest absolute Gasteiger partial charge is 0.135 e. The molecule has 1 rings (SSSR count). The monoisotopic (exact) mass is 270 g/mol. The molecule has 0 amide bonds. The lowest BCUT2D eigenvalue weighted by Gasteiger charge is -2.11. The molecule has 0 fully saturated rings. The van der Waals surface area contributed by atoms with E-state index >= 15 is 0 Å². The second kappa shape index (κ2) is 7.31. The standard InChI is InChI=1S/C12H22N4OS/c1-5-18(17)7-6-14-11-8-10(13-4)15-12(16-11)9(2)3/h8-9H,5-7H2,1-4H3,(H2,13,14,15,16). The Morgan fingerprint density at radius 3 is 2.56 bits per heavy atom. The van der Waals surface area contributed by atoms with Gasteiger partial charge in [0.25, 0.3) is 0 Å². The van der Waals surface area contributed by atoms with E-state index in [1.807, 2.05) is 20.0 Å². The van der Waals surface area contributed by atoms with E-state index in [4.69, 9.17) is 0 Å². The Balaban J connectivity index is 2.69. The van der Waals surface area contributed by atoms with Crippen molar-refractivity contribution in [2.45, 2.75) is 26.7 Å². The molecule has 1 aromatic rings. The van der Waals surface area contributed by atoms with Crippen LogP contribution in [0.5, 0.6) is 0 Å². The predicted molar refractivity (Wildman–Crippen MR) is 77.7 cm³/mol. The number of aromatic nitrogens is 2. The summed E-state index contributed by atoms with van der Waals surface area (Å²) in [7, 11) is 1.09. The normalized spacial score (nSPS) is 12.5. The highest BCUT2D eigenvalue weighted by molar-refractivity contribution is 7.84. The first-order chi connectivity index (χ1) is 8.56. The number of hydrogen-bond donors (Lipinski definition) is 2. The van der Waals surface area contributed by atoms with Gasteiger partial charge in [-0.15, -0.1) is 0 Å². The first-order valence-electron chi connectivity index (χ1n) is 6.22. The second-order valence-corrected chi connectivity index (χ2v) is 6.13. The maximum Gasteiger partial charge on any atom is 0.135 e. The first kappa shape index (κ1) is 14.9. The Labute approximate surface area is 111 Å². The third-order valence-corrected chi connectivity index (χ3v) is 3.78. The van der Waals surface area contributed by atoms with Crippen molar-refractivity contribution >= 4 is 22.4 Å². The molecule has 0 saturated carbocycles. The summed E-state index contributed by atoms with van der Waals surface area (Å²) >= 11 is 0. The molecule has 2 N–H and O–H groups in total. The molecule has 0 radical (unpaired) electrons. The third kappa shape index (κ3) is 4.60. The molecule has 0 saturated heterocycles. The van der Waals surface area contributed by atoms with E-state index in [0.29, 0.717) is 18.1 Å². The van der Waals surface area contributed by atoms with Gasteiger partial charge in [-0.1, -0.05) is 20.8 Å². The van der Waals surface area contributed by atoms with Crippen LogP contribution in [-0.4, -0.2) is 39.3 Å². The first-order valence-corrected chi connectivity index (χ1v) is 7.71. The van der Waals surface area contributed by atoms with Crippen LogP contribution in [0.4, 0.5) is 11.6 Å². The fourth-order valence-corrected chi connectivity index (χ4v) is 2.00. The van der Waals surface area contributed by atoms with Crippen LogP contribution in [0.3, 0.4) is 0 Å². The zero-order chi connectivity index (χ0) is 13.5. The molecular formula is C12H22N4OS. The summed E-state index contributed by atoms with van der Waals surface area (Å²) in [6.07, 6.45) is 0. The van der Waals surface area contributed by atoms with Crippen molar-refractivity contribution in [1.29, 1.82) is 0 Å². The quantitative estimate of drug-likeness (QED) is 0.791. The predicted octanol–water partition coefficient (Wildman–Crippen LogP) is 1.82. The number of hydrogen-bond acceptors (Lipinski definition) is 5. The van der Waals surface area contributed by atoms with Crippen LogP contribution in [0, 0.1) is 0 Å². The molecule has 0 spiro atoms. The average Bonchev–Trinajstić information content (AvgIpc) is 2.37. The fraction of sp³-hybridized carbons (Fsp3) is 0.667. The van der Waals surface area contributed by atoms with E-state index in [-0.39, 0.29) is 5.92 Å². The van der Waals surface area contributed by atoms with Gasteiger partial charge in [0.05, 0.1) is 0 Å². The van der Waals surface area contributed by atoms with Gasteiger partial charge in [0.15, 0.2) is 0 Å². The molecule has 1 aromatic heterocycles. The summed E-state index contributed by atoms with van der Waals surface area (Å²) < 4.78 is 11.3. The van der Waals surface area contributed by atoms with Crippen molar-refractivity contribution in [3.05, 3.63) is 11.9 Å². The van der Waals surface area contributed by atoms with Crippen LogP contribution < -0.4 is 10.6 Å². The molecule has 1 unspecified atom stereocenters. The van der Waals surface area contributed by atoms with Gasteiger partial charge in [-0.2, -0.15) is 0 Å². The van der Waals surface area contributed by atoms with Crippen molar-refractivity contribution in [2.75, 3.05) is 35.7 Å². The van der Waals surface area contributed by atoms with Gasteiger partial charge >= 0.3 is 0 Å². The van der Waals surface area contributed by atoms with Crippen LogP contribution in [0.15, 0.2) is 6.07 Å². The molecule has 0 aromatic carbocycles. The maximum absolute atomic E-state index is 11.3. The van der Waals surface area contributed by atoms with E-state index in [2.05, 4.69) is 34.4 Å². The number of rotatable bonds is 7. The molecule has 0 aliphatic carbocycles. The topological polar surface area (TPSA) is 66.9 Å². The number of anilines is 2. The van der Waals surface area contributed by atoms with Gasteiger partial charge in [-0.25, -0.2) is 9.97 Å². The molecule has 1 heterocycles. The summed E-state index contributed by atoms with van der Waals surface area (Å²) in [5, 5.41) is 6.22. The SMILES string of the molecule is CCS(=O)CCNc1cc(NC)nc(C(C)C)n1. The average molecular weight is 270 g/mol. The van der Waals surface area contributed by atoms with Crippen molar-refractivity contribution in [2.24, 2.45) is 0 Å². The largest absolute Gasteiger partial charge is 0.373 e. The number of nitrogens with one attached hydrogen (secondary N) is 2. The van der Waals surface area contributed by atoms with Gasteiger partial charge in [-0.3, -0.25) is 4.21 Å². The summed E-state index contributed by atoms with van der Waals surface area (Å²) in [6.45, 7) is 6.71. The van der Waals surface area contributed by atoms with E-state index in [1.54, 1.807) is 0 Å². The van der Waals surface area contributed by atoms with E-state index < -0.39 is 10.8 Å². The Kier molecular flexibility index (Phi) is 6.04. The minimum Gasteiger partial charge on any atom is -0.373 e. The van der Waals surface area contributed by atoms with Gasteiger partial charge < -0.3 is 10.6 Å². The zero-order valence-corrected chi connectivity index (χ0v) is 12.3. The van der Waals surface area contributed by atoms with Gasteiger partial charge in [0.2, 0.25) is 0 Å². The molecule has 18 heavy (non-hydrogen) atoms. The Hall–Kier alpha value is -1.17.